The fraction of sp³-hybridized carbons (Fsp3) is 0.600. The first-order chi connectivity index (χ1) is 16.3. The van der Waals surface area contributed by atoms with Gasteiger partial charge in [-0.05, 0) is 64.7 Å². The monoisotopic (exact) mass is 500 g/mol. The van der Waals surface area contributed by atoms with Crippen molar-refractivity contribution in [3.63, 3.8) is 0 Å². The highest BCUT2D eigenvalue weighted by Gasteiger charge is 2.36. The van der Waals surface area contributed by atoms with Crippen molar-refractivity contribution < 1.29 is 4.74 Å². The molecule has 3 aromatic heterocycles. The third-order valence-electron chi connectivity index (χ3n) is 6.81. The summed E-state index contributed by atoms with van der Waals surface area (Å²) in [5.41, 5.74) is 3.69. The lowest BCUT2D eigenvalue weighted by Gasteiger charge is -2.30. The molecule has 1 fully saturated rings. The fourth-order valence-electron chi connectivity index (χ4n) is 4.58. The Hall–Kier alpha value is -1.97. The molecular weight excluding hydrogens is 464 g/mol. The molecule has 0 amide bonds. The maximum atomic E-state index is 5.78. The van der Waals surface area contributed by atoms with Crippen LogP contribution in [0.2, 0.25) is 0 Å². The molecule has 7 nitrogen and oxygen atoms in total. The molecule has 2 N–H and O–H groups in total. The van der Waals surface area contributed by atoms with Gasteiger partial charge in [-0.15, -0.1) is 11.3 Å². The summed E-state index contributed by atoms with van der Waals surface area (Å²) < 4.78 is 6.91. The number of pyridine rings is 1. The van der Waals surface area contributed by atoms with Crippen LogP contribution < -0.4 is 10.6 Å². The molecule has 184 valence electrons. The molecule has 1 saturated carbocycles. The first-order valence-electron chi connectivity index (χ1n) is 12.1. The third-order valence-corrected chi connectivity index (χ3v) is 8.75. The van der Waals surface area contributed by atoms with Crippen molar-refractivity contribution in [3.05, 3.63) is 23.7 Å². The average molecular weight is 501 g/mol. The van der Waals surface area contributed by atoms with Crippen molar-refractivity contribution in [2.24, 2.45) is 5.92 Å². The van der Waals surface area contributed by atoms with Crippen LogP contribution in [-0.4, -0.2) is 56.7 Å². The van der Waals surface area contributed by atoms with Gasteiger partial charge in [-0.1, -0.05) is 6.92 Å². The number of nitrogens with one attached hydrogen (secondary N) is 2. The first-order valence-corrected chi connectivity index (χ1v) is 14.0. The second-order valence-corrected chi connectivity index (χ2v) is 11.8. The Labute approximate surface area is 210 Å². The second-order valence-electron chi connectivity index (χ2n) is 9.40. The minimum absolute atomic E-state index is 0.123. The van der Waals surface area contributed by atoms with Crippen LogP contribution in [0.15, 0.2) is 12.3 Å². The smallest absolute Gasteiger partial charge is 0.224 e. The zero-order chi connectivity index (χ0) is 24.3. The van der Waals surface area contributed by atoms with E-state index in [1.54, 1.807) is 11.3 Å². The molecule has 4 rings (SSSR count). The Morgan fingerprint density at radius 3 is 2.74 bits per heavy atom. The predicted molar refractivity (Wildman–Crippen MR) is 145 cm³/mol. The molecule has 2 atom stereocenters. The number of hydrogen-bond acceptors (Lipinski definition) is 9. The summed E-state index contributed by atoms with van der Waals surface area (Å²) in [6.07, 6.45) is 5.14. The van der Waals surface area contributed by atoms with E-state index in [2.05, 4.69) is 43.3 Å². The van der Waals surface area contributed by atoms with Crippen LogP contribution in [0.3, 0.4) is 0 Å². The van der Waals surface area contributed by atoms with Crippen LogP contribution in [0.1, 0.15) is 51.4 Å². The van der Waals surface area contributed by atoms with Crippen LogP contribution in [0, 0.1) is 19.8 Å². The van der Waals surface area contributed by atoms with Crippen molar-refractivity contribution >= 4 is 45.1 Å². The van der Waals surface area contributed by atoms with E-state index in [1.807, 2.05) is 38.1 Å². The summed E-state index contributed by atoms with van der Waals surface area (Å²) in [5.74, 6) is 4.19. The highest BCUT2D eigenvalue weighted by molar-refractivity contribution is 7.99. The second kappa shape index (κ2) is 10.7. The summed E-state index contributed by atoms with van der Waals surface area (Å²) in [4.78, 5) is 19.1. The van der Waals surface area contributed by atoms with Crippen LogP contribution in [0.5, 0.6) is 0 Å². The Kier molecular flexibility index (Phi) is 7.94. The lowest BCUT2D eigenvalue weighted by atomic mass is 9.89. The number of fused-ring (bicyclic) bond motifs is 1. The lowest BCUT2D eigenvalue weighted by molar-refractivity contribution is -0.0258. The van der Waals surface area contributed by atoms with Crippen LogP contribution in [-0.2, 0) is 4.74 Å². The molecule has 9 heteroatoms. The van der Waals surface area contributed by atoms with Gasteiger partial charge in [-0.3, -0.25) is 4.98 Å². The molecule has 0 aromatic carbocycles. The Morgan fingerprint density at radius 2 is 2.00 bits per heavy atom. The quantitative estimate of drug-likeness (QED) is 0.331. The van der Waals surface area contributed by atoms with E-state index in [4.69, 9.17) is 19.7 Å². The molecule has 0 unspecified atom stereocenters. The third kappa shape index (κ3) is 5.47. The first kappa shape index (κ1) is 25.1. The van der Waals surface area contributed by atoms with E-state index in [-0.39, 0.29) is 5.60 Å². The van der Waals surface area contributed by atoms with E-state index in [0.29, 0.717) is 17.9 Å². The van der Waals surface area contributed by atoms with Crippen molar-refractivity contribution in [2.45, 2.75) is 65.5 Å². The van der Waals surface area contributed by atoms with Crippen molar-refractivity contribution in [2.75, 3.05) is 35.8 Å². The normalized spacial score (nSPS) is 18.5. The molecule has 1 aliphatic carbocycles. The Balaban J connectivity index is 1.66. The van der Waals surface area contributed by atoms with Crippen LogP contribution in [0.4, 0.5) is 11.8 Å². The van der Waals surface area contributed by atoms with E-state index >= 15 is 0 Å². The molecule has 0 bridgehead atoms. The number of methoxy groups -OCH3 is 1. The zero-order valence-corrected chi connectivity index (χ0v) is 22.7. The molecule has 34 heavy (non-hydrogen) atoms. The maximum Gasteiger partial charge on any atom is 0.224 e. The van der Waals surface area contributed by atoms with Gasteiger partial charge in [-0.25, -0.2) is 9.97 Å². The molecule has 0 aliphatic heterocycles. The average Bonchev–Trinajstić information content (AvgIpc) is 3.45. The highest BCUT2D eigenvalue weighted by Crippen LogP contribution is 2.40. The van der Waals surface area contributed by atoms with E-state index < -0.39 is 0 Å². The summed E-state index contributed by atoms with van der Waals surface area (Å²) in [6, 6.07) is 2.37. The van der Waals surface area contributed by atoms with Gasteiger partial charge in [0.2, 0.25) is 5.95 Å². The van der Waals surface area contributed by atoms with Crippen molar-refractivity contribution in [3.8, 4) is 10.6 Å². The number of thioether (sulfide) groups is 1. The van der Waals surface area contributed by atoms with Gasteiger partial charge in [0, 0.05) is 31.6 Å². The van der Waals surface area contributed by atoms with Gasteiger partial charge in [-0.2, -0.15) is 16.7 Å². The minimum atomic E-state index is -0.123. The summed E-state index contributed by atoms with van der Waals surface area (Å²) in [7, 11) is 1.81. The largest absolute Gasteiger partial charge is 0.379 e. The Morgan fingerprint density at radius 1 is 1.18 bits per heavy atom. The number of hydrogen-bond donors (Lipinski definition) is 2. The molecule has 3 aromatic rings. The van der Waals surface area contributed by atoms with Crippen LogP contribution >= 0.6 is 23.1 Å². The number of aromatic nitrogens is 4. The predicted octanol–water partition coefficient (Wildman–Crippen LogP) is 5.94. The number of thiazole rings is 1. The van der Waals surface area contributed by atoms with Crippen molar-refractivity contribution in [1.82, 2.24) is 19.9 Å². The molecule has 0 radical (unpaired) electrons. The summed E-state index contributed by atoms with van der Waals surface area (Å²) >= 11 is 3.59. The van der Waals surface area contributed by atoms with Crippen molar-refractivity contribution in [1.29, 1.82) is 0 Å². The SMILES string of the molecule is CCSCCNc1nc(C)c(-c2nc3c(C)nccc3s2)c(N[C@H]2CC[C@@H](C(C)(C)OC)C2)n1. The molecule has 0 spiro atoms. The van der Waals surface area contributed by atoms with E-state index in [9.17, 15) is 0 Å². The number of ether oxygens (including phenoxy) is 1. The van der Waals surface area contributed by atoms with Gasteiger partial charge < -0.3 is 15.4 Å². The standard InChI is InChI=1S/C25H36N6OS2/c1-7-33-13-12-27-24-28-15(2)20(23-30-21-16(3)26-11-10-19(21)34-23)22(31-24)29-18-9-8-17(14-18)25(4,5)32-6/h10-11,17-18H,7-9,12-14H2,1-6H3,(H2,27,28,29,31)/t17-,18+/m1/s1. The van der Waals surface area contributed by atoms with Gasteiger partial charge in [0.25, 0.3) is 0 Å². The number of nitrogens with zero attached hydrogens (tertiary/aromatic N) is 4. The number of rotatable bonds is 10. The van der Waals surface area contributed by atoms with Gasteiger partial charge >= 0.3 is 0 Å². The maximum absolute atomic E-state index is 5.78. The molecular formula is C25H36N6OS2. The van der Waals surface area contributed by atoms with Gasteiger partial charge in [0.05, 0.1) is 27.3 Å². The number of anilines is 2. The molecule has 3 heterocycles. The number of aryl methyl sites for hydroxylation is 2. The van der Waals surface area contributed by atoms with E-state index in [1.165, 1.54) is 0 Å². The van der Waals surface area contributed by atoms with E-state index in [0.717, 1.165) is 75.3 Å². The summed E-state index contributed by atoms with van der Waals surface area (Å²) in [5, 5.41) is 8.12. The fourth-order valence-corrected chi connectivity index (χ4v) is 6.23. The summed E-state index contributed by atoms with van der Waals surface area (Å²) in [6.45, 7) is 11.5. The Bertz CT molecular complexity index is 1130. The highest BCUT2D eigenvalue weighted by atomic mass is 32.2. The zero-order valence-electron chi connectivity index (χ0n) is 21.1. The molecule has 1 aliphatic rings. The van der Waals surface area contributed by atoms with Crippen LogP contribution in [0.25, 0.3) is 20.8 Å². The topological polar surface area (TPSA) is 84.9 Å². The lowest BCUT2D eigenvalue weighted by Crippen LogP contribution is -2.32. The molecule has 0 saturated heterocycles. The van der Waals surface area contributed by atoms with Gasteiger partial charge in [0.1, 0.15) is 16.3 Å². The van der Waals surface area contributed by atoms with Gasteiger partial charge in [0.15, 0.2) is 0 Å². The minimum Gasteiger partial charge on any atom is -0.379 e.